The number of aliphatic carboxylic acids is 1. The van der Waals surface area contributed by atoms with Gasteiger partial charge < -0.3 is 10.8 Å². The van der Waals surface area contributed by atoms with Gasteiger partial charge in [-0.15, -0.1) is 0 Å². The van der Waals surface area contributed by atoms with Crippen molar-refractivity contribution in [1.82, 2.24) is 0 Å². The third kappa shape index (κ3) is 1.69. The number of sulfone groups is 1. The van der Waals surface area contributed by atoms with E-state index in [0.29, 0.717) is 0 Å². The molecule has 66 valence electrons. The predicted octanol–water partition coefficient (Wildman–Crippen LogP) is -0.819. The van der Waals surface area contributed by atoms with Crippen LogP contribution in [0.25, 0.3) is 0 Å². The summed E-state index contributed by atoms with van der Waals surface area (Å²) in [5.74, 6) is -1.51. The van der Waals surface area contributed by atoms with Crippen molar-refractivity contribution in [1.29, 1.82) is 0 Å². The molecule has 0 bridgehead atoms. The van der Waals surface area contributed by atoms with Crippen LogP contribution in [0.5, 0.6) is 0 Å². The molecule has 5 nitrogen and oxygen atoms in total. The molecule has 0 aromatic carbocycles. The first-order chi connectivity index (χ1) is 4.75. The third-order valence-electron chi connectivity index (χ3n) is 1.55. The van der Waals surface area contributed by atoms with E-state index in [4.69, 9.17) is 10.8 Å². The number of carboxylic acids is 1. The van der Waals surface area contributed by atoms with Crippen LogP contribution >= 0.6 is 0 Å². The summed E-state index contributed by atoms with van der Waals surface area (Å²) in [4.78, 5) is 8.26. The molecular weight excluding hydrogens is 170 g/mol. The van der Waals surface area contributed by atoms with Gasteiger partial charge in [-0.2, -0.15) is 0 Å². The van der Waals surface area contributed by atoms with Gasteiger partial charge in [0.1, 0.15) is 0 Å². The first-order valence-electron chi connectivity index (χ1n) is 2.97. The fourth-order valence-electron chi connectivity index (χ4n) is 0.572. The Morgan fingerprint density at radius 2 is 2.00 bits per heavy atom. The standard InChI is InChI=1S/C5H11NO4S/c1-3-5(6,4(7)8)11(2,9)10/h3,6H2,1-2H3,(H,7,8). The fourth-order valence-corrected chi connectivity index (χ4v) is 1.41. The summed E-state index contributed by atoms with van der Waals surface area (Å²) in [6, 6.07) is 0. The molecule has 0 heterocycles. The van der Waals surface area contributed by atoms with Crippen LogP contribution in [-0.2, 0) is 14.6 Å². The molecule has 0 rings (SSSR count). The summed E-state index contributed by atoms with van der Waals surface area (Å²) in [7, 11) is -3.74. The summed E-state index contributed by atoms with van der Waals surface area (Å²) in [6.45, 7) is 1.41. The summed E-state index contributed by atoms with van der Waals surface area (Å²) in [5.41, 5.74) is 5.13. The van der Waals surface area contributed by atoms with Crippen molar-refractivity contribution in [2.24, 2.45) is 5.73 Å². The highest BCUT2D eigenvalue weighted by Gasteiger charge is 2.42. The average Bonchev–Trinajstić information content (AvgIpc) is 1.83. The van der Waals surface area contributed by atoms with Gasteiger partial charge in [0.15, 0.2) is 9.84 Å². The van der Waals surface area contributed by atoms with E-state index < -0.39 is 20.7 Å². The molecule has 0 saturated heterocycles. The van der Waals surface area contributed by atoms with E-state index in [0.717, 1.165) is 6.26 Å². The van der Waals surface area contributed by atoms with E-state index in [-0.39, 0.29) is 6.42 Å². The number of nitrogens with two attached hydrogens (primary N) is 1. The zero-order valence-corrected chi connectivity index (χ0v) is 7.18. The zero-order chi connectivity index (χ0) is 9.28. The fraction of sp³-hybridized carbons (Fsp3) is 0.800. The van der Waals surface area contributed by atoms with E-state index in [9.17, 15) is 13.2 Å². The maximum absolute atomic E-state index is 10.8. The van der Waals surface area contributed by atoms with Gasteiger partial charge in [-0.05, 0) is 6.42 Å². The van der Waals surface area contributed by atoms with E-state index in [2.05, 4.69) is 0 Å². The molecule has 3 N–H and O–H groups in total. The van der Waals surface area contributed by atoms with Crippen LogP contribution in [0.15, 0.2) is 0 Å². The molecular formula is C5H11NO4S. The summed E-state index contributed by atoms with van der Waals surface area (Å²) in [5, 5.41) is 8.46. The highest BCUT2D eigenvalue weighted by atomic mass is 32.2. The van der Waals surface area contributed by atoms with E-state index in [1.54, 1.807) is 0 Å². The predicted molar refractivity (Wildman–Crippen MR) is 39.7 cm³/mol. The molecule has 0 fully saturated rings. The van der Waals surface area contributed by atoms with Crippen LogP contribution in [0, 0.1) is 0 Å². The van der Waals surface area contributed by atoms with Crippen molar-refractivity contribution in [2.45, 2.75) is 18.2 Å². The molecule has 1 atom stereocenters. The number of rotatable bonds is 3. The number of carboxylic acid groups (broad SMARTS) is 1. The van der Waals surface area contributed by atoms with Crippen molar-refractivity contribution in [3.63, 3.8) is 0 Å². The maximum Gasteiger partial charge on any atom is 0.339 e. The number of hydrogen-bond acceptors (Lipinski definition) is 4. The van der Waals surface area contributed by atoms with Crippen LogP contribution in [-0.4, -0.2) is 30.6 Å². The van der Waals surface area contributed by atoms with Gasteiger partial charge in [0.25, 0.3) is 0 Å². The quantitative estimate of drug-likeness (QED) is 0.593. The highest BCUT2D eigenvalue weighted by Crippen LogP contribution is 2.13. The van der Waals surface area contributed by atoms with Gasteiger partial charge in [-0.1, -0.05) is 6.92 Å². The Labute approximate surface area is 65.1 Å². The minimum atomic E-state index is -3.74. The van der Waals surface area contributed by atoms with Crippen LogP contribution in [0.4, 0.5) is 0 Å². The summed E-state index contributed by atoms with van der Waals surface area (Å²) < 4.78 is 21.6. The second-order valence-electron chi connectivity index (χ2n) is 2.32. The summed E-state index contributed by atoms with van der Waals surface area (Å²) >= 11 is 0. The third-order valence-corrected chi connectivity index (χ3v) is 3.34. The normalized spacial score (nSPS) is 17.4. The second kappa shape index (κ2) is 2.78. The molecule has 1 unspecified atom stereocenters. The van der Waals surface area contributed by atoms with Gasteiger partial charge in [-0.25, -0.2) is 13.2 Å². The largest absolute Gasteiger partial charge is 0.479 e. The second-order valence-corrected chi connectivity index (χ2v) is 4.59. The Morgan fingerprint density at radius 3 is 2.00 bits per heavy atom. The van der Waals surface area contributed by atoms with Crippen molar-refractivity contribution < 1.29 is 18.3 Å². The first-order valence-corrected chi connectivity index (χ1v) is 4.86. The lowest BCUT2D eigenvalue weighted by molar-refractivity contribution is -0.140. The smallest absolute Gasteiger partial charge is 0.339 e. The van der Waals surface area contributed by atoms with E-state index in [1.807, 2.05) is 0 Å². The molecule has 0 aliphatic carbocycles. The number of hydrogen-bond donors (Lipinski definition) is 2. The molecule has 11 heavy (non-hydrogen) atoms. The molecule has 0 aliphatic rings. The average molecular weight is 181 g/mol. The van der Waals surface area contributed by atoms with Gasteiger partial charge in [0, 0.05) is 6.26 Å². The SMILES string of the molecule is CCC(N)(C(=O)O)S(C)(=O)=O. The van der Waals surface area contributed by atoms with E-state index in [1.165, 1.54) is 6.92 Å². The molecule has 0 radical (unpaired) electrons. The minimum Gasteiger partial charge on any atom is -0.479 e. The maximum atomic E-state index is 10.8. The van der Waals surface area contributed by atoms with Crippen molar-refractivity contribution in [3.8, 4) is 0 Å². The Hall–Kier alpha value is -0.620. The minimum absolute atomic E-state index is 0.138. The lowest BCUT2D eigenvalue weighted by Crippen LogP contribution is -2.53. The topological polar surface area (TPSA) is 97.5 Å². The molecule has 0 saturated carbocycles. The molecule has 0 aromatic heterocycles. The Kier molecular flexibility index (Phi) is 2.63. The molecule has 0 spiro atoms. The van der Waals surface area contributed by atoms with Crippen LogP contribution in [0.3, 0.4) is 0 Å². The molecule has 0 aliphatic heterocycles. The highest BCUT2D eigenvalue weighted by molar-refractivity contribution is 7.92. The Morgan fingerprint density at radius 1 is 1.64 bits per heavy atom. The van der Waals surface area contributed by atoms with Crippen molar-refractivity contribution in [2.75, 3.05) is 6.26 Å². The van der Waals surface area contributed by atoms with E-state index >= 15 is 0 Å². The van der Waals surface area contributed by atoms with Crippen LogP contribution in [0.1, 0.15) is 13.3 Å². The summed E-state index contributed by atoms with van der Waals surface area (Å²) in [6.07, 6.45) is 0.672. The molecule has 6 heteroatoms. The molecule has 0 amide bonds. The Bertz CT molecular complexity index is 258. The van der Waals surface area contributed by atoms with Crippen molar-refractivity contribution >= 4 is 15.8 Å². The molecule has 0 aromatic rings. The first kappa shape index (κ1) is 10.4. The van der Waals surface area contributed by atoms with Gasteiger partial charge in [-0.3, -0.25) is 0 Å². The number of carbonyl (C=O) groups is 1. The van der Waals surface area contributed by atoms with Crippen molar-refractivity contribution in [3.05, 3.63) is 0 Å². The Balaban J connectivity index is 5.09. The monoisotopic (exact) mass is 181 g/mol. The van der Waals surface area contributed by atoms with Gasteiger partial charge >= 0.3 is 5.97 Å². The van der Waals surface area contributed by atoms with Crippen LogP contribution in [0.2, 0.25) is 0 Å². The lowest BCUT2D eigenvalue weighted by atomic mass is 10.2. The van der Waals surface area contributed by atoms with Gasteiger partial charge in [0.05, 0.1) is 0 Å². The van der Waals surface area contributed by atoms with Gasteiger partial charge in [0.2, 0.25) is 4.87 Å². The zero-order valence-electron chi connectivity index (χ0n) is 6.36. The van der Waals surface area contributed by atoms with Crippen LogP contribution < -0.4 is 5.73 Å². The lowest BCUT2D eigenvalue weighted by Gasteiger charge is -2.19.